The number of piperidine rings is 1. The van der Waals surface area contributed by atoms with E-state index in [1.54, 1.807) is 4.90 Å². The Morgan fingerprint density at radius 2 is 2.05 bits per heavy atom. The lowest BCUT2D eigenvalue weighted by atomic mass is 9.95. The van der Waals surface area contributed by atoms with E-state index in [4.69, 9.17) is 0 Å². The number of hydrogen-bond donors (Lipinski definition) is 1. The van der Waals surface area contributed by atoms with Crippen LogP contribution >= 0.6 is 0 Å². The highest BCUT2D eigenvalue weighted by atomic mass is 19.4. The number of nitrogens with one attached hydrogen (secondary N) is 1. The minimum Gasteiger partial charge on any atom is -0.325 e. The molecule has 2 heterocycles. The number of carbonyl (C=O) groups excluding carboxylic acids is 1. The van der Waals surface area contributed by atoms with Gasteiger partial charge in [-0.05, 0) is 30.9 Å². The molecule has 0 unspecified atom stereocenters. The average molecular weight is 301 g/mol. The highest BCUT2D eigenvalue weighted by Gasteiger charge is 2.32. The van der Waals surface area contributed by atoms with Gasteiger partial charge < -0.3 is 10.2 Å². The van der Waals surface area contributed by atoms with Gasteiger partial charge in [-0.2, -0.15) is 13.2 Å². The molecule has 7 heteroatoms. The summed E-state index contributed by atoms with van der Waals surface area (Å²) in [6.45, 7) is 3.49. The Labute approximate surface area is 121 Å². The highest BCUT2D eigenvalue weighted by molar-refractivity contribution is 5.89. The van der Waals surface area contributed by atoms with Crippen molar-refractivity contribution in [1.29, 1.82) is 0 Å². The zero-order chi connectivity index (χ0) is 15.5. The van der Waals surface area contributed by atoms with Crippen LogP contribution in [-0.4, -0.2) is 29.0 Å². The molecule has 1 N–H and O–H groups in total. The number of carbonyl (C=O) groups is 1. The molecule has 1 aliphatic rings. The predicted molar refractivity (Wildman–Crippen MR) is 72.8 cm³/mol. The van der Waals surface area contributed by atoms with Crippen LogP contribution in [0.4, 0.5) is 23.7 Å². The van der Waals surface area contributed by atoms with E-state index >= 15 is 0 Å². The fourth-order valence-electron chi connectivity index (χ4n) is 2.38. The minimum absolute atomic E-state index is 0.269. The van der Waals surface area contributed by atoms with Crippen LogP contribution in [0.2, 0.25) is 0 Å². The first-order chi connectivity index (χ1) is 9.90. The molecule has 0 radical (unpaired) electrons. The topological polar surface area (TPSA) is 45.2 Å². The second-order valence-electron chi connectivity index (χ2n) is 5.20. The third-order valence-electron chi connectivity index (χ3n) is 3.78. The summed E-state index contributed by atoms with van der Waals surface area (Å²) in [5.74, 6) is 0.654. The molecule has 116 valence electrons. The van der Waals surface area contributed by atoms with Crippen LogP contribution in [0.1, 0.15) is 31.9 Å². The Morgan fingerprint density at radius 1 is 1.38 bits per heavy atom. The van der Waals surface area contributed by atoms with Gasteiger partial charge in [0.25, 0.3) is 0 Å². The molecule has 0 aromatic carbocycles. The van der Waals surface area contributed by atoms with Crippen LogP contribution < -0.4 is 5.32 Å². The maximum absolute atomic E-state index is 12.4. The smallest absolute Gasteiger partial charge is 0.325 e. The van der Waals surface area contributed by atoms with E-state index in [9.17, 15) is 18.0 Å². The standard InChI is InChI=1S/C14H18F3N3O/c1-2-10-5-7-20(8-6-10)13(21)19-11-3-4-12(18-9-11)14(15,16)17/h3-4,9-10H,2,5-8H2,1H3,(H,19,21). The van der Waals surface area contributed by atoms with Crippen molar-refractivity contribution < 1.29 is 18.0 Å². The lowest BCUT2D eigenvalue weighted by molar-refractivity contribution is -0.141. The quantitative estimate of drug-likeness (QED) is 0.904. The molecular weight excluding hydrogens is 283 g/mol. The Bertz CT molecular complexity index is 479. The predicted octanol–water partition coefficient (Wildman–Crippen LogP) is 3.75. The molecule has 1 saturated heterocycles. The van der Waals surface area contributed by atoms with Gasteiger partial charge in [-0.25, -0.2) is 9.78 Å². The van der Waals surface area contributed by atoms with Gasteiger partial charge in [0, 0.05) is 13.1 Å². The van der Waals surface area contributed by atoms with E-state index in [0.717, 1.165) is 31.5 Å². The van der Waals surface area contributed by atoms with Crippen molar-refractivity contribution in [3.63, 3.8) is 0 Å². The van der Waals surface area contributed by atoms with Gasteiger partial charge in [0.15, 0.2) is 0 Å². The fraction of sp³-hybridized carbons (Fsp3) is 0.571. The maximum atomic E-state index is 12.4. The minimum atomic E-state index is -4.47. The third kappa shape index (κ3) is 4.09. The molecule has 1 aromatic heterocycles. The Hall–Kier alpha value is -1.79. The van der Waals surface area contributed by atoms with E-state index in [2.05, 4.69) is 17.2 Å². The SMILES string of the molecule is CCC1CCN(C(=O)Nc2ccc(C(F)(F)F)nc2)CC1. The number of amides is 2. The average Bonchev–Trinajstić information content (AvgIpc) is 2.47. The van der Waals surface area contributed by atoms with E-state index in [0.29, 0.717) is 19.0 Å². The van der Waals surface area contributed by atoms with Crippen molar-refractivity contribution in [3.05, 3.63) is 24.0 Å². The second kappa shape index (κ2) is 6.32. The lowest BCUT2D eigenvalue weighted by Crippen LogP contribution is -2.40. The summed E-state index contributed by atoms with van der Waals surface area (Å²) in [4.78, 5) is 17.0. The fourth-order valence-corrected chi connectivity index (χ4v) is 2.38. The molecule has 0 atom stereocenters. The molecular formula is C14H18F3N3O. The number of hydrogen-bond acceptors (Lipinski definition) is 2. The zero-order valence-electron chi connectivity index (χ0n) is 11.8. The number of halogens is 3. The molecule has 21 heavy (non-hydrogen) atoms. The van der Waals surface area contributed by atoms with E-state index < -0.39 is 11.9 Å². The van der Waals surface area contributed by atoms with Gasteiger partial charge in [-0.1, -0.05) is 13.3 Å². The van der Waals surface area contributed by atoms with Gasteiger partial charge >= 0.3 is 12.2 Å². The van der Waals surface area contributed by atoms with Crippen LogP contribution in [0, 0.1) is 5.92 Å². The number of anilines is 1. The lowest BCUT2D eigenvalue weighted by Gasteiger charge is -2.31. The number of pyridine rings is 1. The van der Waals surface area contributed by atoms with Crippen LogP contribution in [-0.2, 0) is 6.18 Å². The molecule has 0 bridgehead atoms. The monoisotopic (exact) mass is 301 g/mol. The van der Waals surface area contributed by atoms with Gasteiger partial charge in [0.1, 0.15) is 5.69 Å². The molecule has 2 rings (SSSR count). The molecule has 0 saturated carbocycles. The summed E-state index contributed by atoms with van der Waals surface area (Å²) in [5.41, 5.74) is -0.699. The second-order valence-corrected chi connectivity index (χ2v) is 5.20. The summed E-state index contributed by atoms with van der Waals surface area (Å²) < 4.78 is 37.2. The number of urea groups is 1. The van der Waals surface area contributed by atoms with Crippen LogP contribution in [0.25, 0.3) is 0 Å². The Balaban J connectivity index is 1.91. The summed E-state index contributed by atoms with van der Waals surface area (Å²) >= 11 is 0. The van der Waals surface area contributed by atoms with E-state index in [-0.39, 0.29) is 11.7 Å². The summed E-state index contributed by atoms with van der Waals surface area (Å²) in [7, 11) is 0. The van der Waals surface area contributed by atoms with Crippen LogP contribution in [0.3, 0.4) is 0 Å². The molecule has 0 spiro atoms. The van der Waals surface area contributed by atoms with Crippen LogP contribution in [0.5, 0.6) is 0 Å². The number of nitrogens with zero attached hydrogens (tertiary/aromatic N) is 2. The molecule has 0 aliphatic carbocycles. The van der Waals surface area contributed by atoms with Gasteiger partial charge in [-0.3, -0.25) is 0 Å². The highest BCUT2D eigenvalue weighted by Crippen LogP contribution is 2.28. The number of aromatic nitrogens is 1. The first-order valence-corrected chi connectivity index (χ1v) is 6.99. The number of alkyl halides is 3. The number of rotatable bonds is 2. The summed E-state index contributed by atoms with van der Waals surface area (Å²) in [6.07, 6.45) is -0.396. The molecule has 4 nitrogen and oxygen atoms in total. The van der Waals surface area contributed by atoms with Crippen molar-refractivity contribution in [2.75, 3.05) is 18.4 Å². The Morgan fingerprint density at radius 3 is 2.52 bits per heavy atom. The van der Waals surface area contributed by atoms with Crippen LogP contribution in [0.15, 0.2) is 18.3 Å². The number of likely N-dealkylation sites (tertiary alicyclic amines) is 1. The molecule has 1 aliphatic heterocycles. The third-order valence-corrected chi connectivity index (χ3v) is 3.78. The first-order valence-electron chi connectivity index (χ1n) is 6.99. The van der Waals surface area contributed by atoms with Crippen molar-refractivity contribution in [1.82, 2.24) is 9.88 Å². The van der Waals surface area contributed by atoms with Crippen molar-refractivity contribution in [2.24, 2.45) is 5.92 Å². The van der Waals surface area contributed by atoms with Gasteiger partial charge in [0.2, 0.25) is 0 Å². The largest absolute Gasteiger partial charge is 0.433 e. The summed E-state index contributed by atoms with van der Waals surface area (Å²) in [5, 5.41) is 2.58. The zero-order valence-corrected chi connectivity index (χ0v) is 11.8. The van der Waals surface area contributed by atoms with Gasteiger partial charge in [-0.15, -0.1) is 0 Å². The van der Waals surface area contributed by atoms with E-state index in [1.165, 1.54) is 6.07 Å². The van der Waals surface area contributed by atoms with Crippen molar-refractivity contribution in [3.8, 4) is 0 Å². The Kier molecular flexibility index (Phi) is 4.69. The normalized spacial score (nSPS) is 16.9. The van der Waals surface area contributed by atoms with Gasteiger partial charge in [0.05, 0.1) is 11.9 Å². The van der Waals surface area contributed by atoms with E-state index in [1.807, 2.05) is 0 Å². The van der Waals surface area contributed by atoms with Crippen molar-refractivity contribution in [2.45, 2.75) is 32.4 Å². The molecule has 1 aromatic rings. The maximum Gasteiger partial charge on any atom is 0.433 e. The van der Waals surface area contributed by atoms with Crippen molar-refractivity contribution >= 4 is 11.7 Å². The first kappa shape index (κ1) is 15.6. The summed E-state index contributed by atoms with van der Waals surface area (Å²) in [6, 6.07) is 1.79. The molecule has 1 fully saturated rings. The molecule has 2 amide bonds.